The van der Waals surface area contributed by atoms with Gasteiger partial charge in [-0.1, -0.05) is 75.1 Å². The van der Waals surface area contributed by atoms with Crippen LogP contribution in [0.3, 0.4) is 0 Å². The van der Waals surface area contributed by atoms with Gasteiger partial charge in [-0.2, -0.15) is 0 Å². The summed E-state index contributed by atoms with van der Waals surface area (Å²) >= 11 is 0. The quantitative estimate of drug-likeness (QED) is 0.231. The van der Waals surface area contributed by atoms with E-state index in [1.54, 1.807) is 13.0 Å². The molecule has 0 N–H and O–H groups in total. The molecular formula is C27H35NO3. The van der Waals surface area contributed by atoms with E-state index >= 15 is 0 Å². The third kappa shape index (κ3) is 8.79. The number of hydrogen-bond acceptors (Lipinski definition) is 3. The lowest BCUT2D eigenvalue weighted by Gasteiger charge is -2.18. The fourth-order valence-electron chi connectivity index (χ4n) is 3.42. The number of amides is 1. The van der Waals surface area contributed by atoms with Gasteiger partial charge < -0.3 is 9.64 Å². The number of rotatable bonds is 12. The van der Waals surface area contributed by atoms with Crippen molar-refractivity contribution in [3.63, 3.8) is 0 Å². The standard InChI is InChI=1S/C27H35NO3/c1-4-6-7-8-9-13-26(29)28(3)21-23-11-10-12-25(20-23)24-17-14-22(15-18-24)16-19-27(30)31-5-2/h10-12,14-20H,4-9,13,21H2,1-3H3/b19-16+. The molecule has 0 aromatic heterocycles. The zero-order valence-electron chi connectivity index (χ0n) is 19.1. The first-order chi connectivity index (χ1) is 15.0. The highest BCUT2D eigenvalue weighted by molar-refractivity contribution is 5.87. The van der Waals surface area contributed by atoms with Crippen LogP contribution < -0.4 is 0 Å². The Bertz CT molecular complexity index is 855. The average molecular weight is 422 g/mol. The van der Waals surface area contributed by atoms with E-state index in [0.29, 0.717) is 19.6 Å². The molecule has 166 valence electrons. The minimum Gasteiger partial charge on any atom is -0.463 e. The van der Waals surface area contributed by atoms with E-state index in [-0.39, 0.29) is 11.9 Å². The molecule has 0 heterocycles. The molecule has 0 aliphatic carbocycles. The highest BCUT2D eigenvalue weighted by Gasteiger charge is 2.09. The molecule has 4 heteroatoms. The predicted octanol–water partition coefficient (Wildman–Crippen LogP) is 6.25. The SMILES string of the molecule is CCCCCCCC(=O)N(C)Cc1cccc(-c2ccc(/C=C/C(=O)OCC)cc2)c1. The van der Waals surface area contributed by atoms with Crippen molar-refractivity contribution in [2.75, 3.05) is 13.7 Å². The molecule has 2 aromatic carbocycles. The fourth-order valence-corrected chi connectivity index (χ4v) is 3.42. The Labute approximate surface area is 186 Å². The van der Waals surface area contributed by atoms with Crippen LogP contribution in [0.4, 0.5) is 0 Å². The van der Waals surface area contributed by atoms with Gasteiger partial charge in [0.1, 0.15) is 0 Å². The Balaban J connectivity index is 1.93. The first kappa shape index (κ1) is 24.4. The third-order valence-electron chi connectivity index (χ3n) is 5.21. The second kappa shape index (κ2) is 13.4. The molecule has 4 nitrogen and oxygen atoms in total. The summed E-state index contributed by atoms with van der Waals surface area (Å²) in [5.74, 6) is -0.126. The Morgan fingerprint density at radius 1 is 0.935 bits per heavy atom. The van der Waals surface area contributed by atoms with Crippen molar-refractivity contribution in [3.05, 3.63) is 65.7 Å². The van der Waals surface area contributed by atoms with E-state index in [9.17, 15) is 9.59 Å². The summed E-state index contributed by atoms with van der Waals surface area (Å²) < 4.78 is 4.90. The van der Waals surface area contributed by atoms with Crippen molar-refractivity contribution in [2.24, 2.45) is 0 Å². The summed E-state index contributed by atoms with van der Waals surface area (Å²) in [5.41, 5.74) is 4.27. The molecule has 1 amide bonds. The van der Waals surface area contributed by atoms with Crippen LogP contribution in [0.2, 0.25) is 0 Å². The van der Waals surface area contributed by atoms with Crippen LogP contribution in [0.25, 0.3) is 17.2 Å². The van der Waals surface area contributed by atoms with Crippen molar-refractivity contribution < 1.29 is 14.3 Å². The maximum absolute atomic E-state index is 12.4. The van der Waals surface area contributed by atoms with E-state index in [1.807, 2.05) is 42.3 Å². The summed E-state index contributed by atoms with van der Waals surface area (Å²) in [5, 5.41) is 0. The highest BCUT2D eigenvalue weighted by atomic mass is 16.5. The van der Waals surface area contributed by atoms with Crippen molar-refractivity contribution >= 4 is 18.0 Å². The number of carbonyl (C=O) groups is 2. The van der Waals surface area contributed by atoms with E-state index in [1.165, 1.54) is 25.3 Å². The maximum atomic E-state index is 12.4. The van der Waals surface area contributed by atoms with Crippen LogP contribution in [0.1, 0.15) is 63.5 Å². The van der Waals surface area contributed by atoms with Gasteiger partial charge >= 0.3 is 5.97 Å². The van der Waals surface area contributed by atoms with Gasteiger partial charge in [-0.3, -0.25) is 4.79 Å². The van der Waals surface area contributed by atoms with Crippen LogP contribution in [0.5, 0.6) is 0 Å². The number of unbranched alkanes of at least 4 members (excludes halogenated alkanes) is 4. The highest BCUT2D eigenvalue weighted by Crippen LogP contribution is 2.22. The van der Waals surface area contributed by atoms with Gasteiger partial charge in [0, 0.05) is 26.1 Å². The minimum absolute atomic E-state index is 0.208. The molecule has 0 spiro atoms. The molecule has 0 radical (unpaired) electrons. The van der Waals surface area contributed by atoms with Crippen LogP contribution >= 0.6 is 0 Å². The van der Waals surface area contributed by atoms with E-state index < -0.39 is 0 Å². The number of benzene rings is 2. The lowest BCUT2D eigenvalue weighted by molar-refractivity contribution is -0.137. The molecule has 0 bridgehead atoms. The number of hydrogen-bond donors (Lipinski definition) is 0. The van der Waals surface area contributed by atoms with Crippen molar-refractivity contribution in [3.8, 4) is 11.1 Å². The molecular weight excluding hydrogens is 386 g/mol. The zero-order chi connectivity index (χ0) is 22.5. The maximum Gasteiger partial charge on any atom is 0.330 e. The van der Waals surface area contributed by atoms with Gasteiger partial charge in [0.05, 0.1) is 6.61 Å². The molecule has 0 aliphatic heterocycles. The minimum atomic E-state index is -0.334. The Morgan fingerprint density at radius 3 is 2.39 bits per heavy atom. The molecule has 0 atom stereocenters. The van der Waals surface area contributed by atoms with Crippen LogP contribution in [0, 0.1) is 0 Å². The normalized spacial score (nSPS) is 10.9. The lowest BCUT2D eigenvalue weighted by Crippen LogP contribution is -2.25. The summed E-state index contributed by atoms with van der Waals surface area (Å²) in [6.07, 6.45) is 9.61. The Hall–Kier alpha value is -2.88. The predicted molar refractivity (Wildman–Crippen MR) is 127 cm³/mol. The monoisotopic (exact) mass is 421 g/mol. The van der Waals surface area contributed by atoms with Gasteiger partial charge in [0.15, 0.2) is 0 Å². The largest absolute Gasteiger partial charge is 0.463 e. The van der Waals surface area contributed by atoms with Gasteiger partial charge in [0.25, 0.3) is 0 Å². The molecule has 0 saturated heterocycles. The molecule has 0 unspecified atom stereocenters. The Kier molecular flexibility index (Phi) is 10.6. The number of carbonyl (C=O) groups excluding carboxylic acids is 2. The average Bonchev–Trinajstić information content (AvgIpc) is 2.78. The summed E-state index contributed by atoms with van der Waals surface area (Å²) in [4.78, 5) is 25.7. The second-order valence-electron chi connectivity index (χ2n) is 7.82. The third-order valence-corrected chi connectivity index (χ3v) is 5.21. The first-order valence-corrected chi connectivity index (χ1v) is 11.3. The zero-order valence-corrected chi connectivity index (χ0v) is 19.1. The number of nitrogens with zero attached hydrogens (tertiary/aromatic N) is 1. The smallest absolute Gasteiger partial charge is 0.330 e. The van der Waals surface area contributed by atoms with Crippen LogP contribution in [-0.4, -0.2) is 30.4 Å². The summed E-state index contributed by atoms with van der Waals surface area (Å²) in [7, 11) is 1.88. The molecule has 0 fully saturated rings. The van der Waals surface area contributed by atoms with Gasteiger partial charge in [-0.15, -0.1) is 0 Å². The van der Waals surface area contributed by atoms with Gasteiger partial charge in [-0.25, -0.2) is 4.79 Å². The summed E-state index contributed by atoms with van der Waals surface area (Å²) in [6.45, 7) is 4.97. The first-order valence-electron chi connectivity index (χ1n) is 11.3. The van der Waals surface area contributed by atoms with E-state index in [2.05, 4.69) is 25.1 Å². The molecule has 2 rings (SSSR count). The lowest BCUT2D eigenvalue weighted by atomic mass is 10.0. The van der Waals surface area contributed by atoms with Crippen molar-refractivity contribution in [1.29, 1.82) is 0 Å². The van der Waals surface area contributed by atoms with Gasteiger partial charge in [0.2, 0.25) is 5.91 Å². The Morgan fingerprint density at radius 2 is 1.68 bits per heavy atom. The van der Waals surface area contributed by atoms with Crippen molar-refractivity contribution in [2.45, 2.75) is 58.9 Å². The van der Waals surface area contributed by atoms with Gasteiger partial charge in [-0.05, 0) is 47.7 Å². The fraction of sp³-hybridized carbons (Fsp3) is 0.407. The van der Waals surface area contributed by atoms with E-state index in [4.69, 9.17) is 4.74 Å². The second-order valence-corrected chi connectivity index (χ2v) is 7.82. The van der Waals surface area contributed by atoms with Crippen molar-refractivity contribution in [1.82, 2.24) is 4.90 Å². The molecule has 2 aromatic rings. The summed E-state index contributed by atoms with van der Waals surface area (Å²) in [6, 6.07) is 16.3. The molecule has 31 heavy (non-hydrogen) atoms. The molecule has 0 aliphatic rings. The number of ether oxygens (including phenoxy) is 1. The van der Waals surface area contributed by atoms with Crippen LogP contribution in [-0.2, 0) is 20.9 Å². The number of esters is 1. The molecule has 0 saturated carbocycles. The topological polar surface area (TPSA) is 46.6 Å². The van der Waals surface area contributed by atoms with E-state index in [0.717, 1.165) is 35.1 Å². The van der Waals surface area contributed by atoms with Crippen LogP contribution in [0.15, 0.2) is 54.6 Å².